The molecule has 1 atom stereocenters. The molecule has 0 fully saturated rings. The summed E-state index contributed by atoms with van der Waals surface area (Å²) in [6.07, 6.45) is 3.68. The first kappa shape index (κ1) is 12.8. The maximum Gasteiger partial charge on any atom is 0.131 e. The Morgan fingerprint density at radius 3 is 2.55 bits per heavy atom. The van der Waals surface area contributed by atoms with Gasteiger partial charge in [0, 0.05) is 24.8 Å². The fraction of sp³-hybridized carbons (Fsp3) is 0.188. The van der Waals surface area contributed by atoms with Gasteiger partial charge in [0.15, 0.2) is 0 Å². The number of nitrogens with one attached hydrogen (secondary N) is 1. The predicted molar refractivity (Wildman–Crippen MR) is 78.0 cm³/mol. The highest BCUT2D eigenvalue weighted by Gasteiger charge is 2.19. The maximum atomic E-state index is 13.9. The molecule has 0 aliphatic rings. The standard InChI is InChI=1S/C16H16FN3/c1-18-15(16-19-9-10-20(16)2)13-7-8-14(17)12-6-4-3-5-11(12)13/h3-10,15,18H,1-2H3. The van der Waals surface area contributed by atoms with Crippen molar-refractivity contribution in [2.45, 2.75) is 6.04 Å². The van der Waals surface area contributed by atoms with Crippen LogP contribution < -0.4 is 5.32 Å². The lowest BCUT2D eigenvalue weighted by Crippen LogP contribution is -2.21. The molecule has 4 heteroatoms. The van der Waals surface area contributed by atoms with E-state index in [0.29, 0.717) is 5.39 Å². The van der Waals surface area contributed by atoms with Crippen LogP contribution in [0.25, 0.3) is 10.8 Å². The predicted octanol–water partition coefficient (Wildman–Crippen LogP) is 3.02. The van der Waals surface area contributed by atoms with E-state index in [2.05, 4.69) is 10.3 Å². The zero-order chi connectivity index (χ0) is 14.1. The van der Waals surface area contributed by atoms with Crippen molar-refractivity contribution in [3.63, 3.8) is 0 Å². The number of nitrogens with zero attached hydrogens (tertiary/aromatic N) is 2. The third kappa shape index (κ3) is 1.98. The molecule has 0 radical (unpaired) electrons. The second-order valence-electron chi connectivity index (χ2n) is 4.80. The van der Waals surface area contributed by atoms with E-state index in [1.54, 1.807) is 12.3 Å². The van der Waals surface area contributed by atoms with Crippen molar-refractivity contribution in [2.24, 2.45) is 7.05 Å². The van der Waals surface area contributed by atoms with Crippen LogP contribution in [0.1, 0.15) is 17.4 Å². The number of fused-ring (bicyclic) bond motifs is 1. The van der Waals surface area contributed by atoms with Crippen LogP contribution >= 0.6 is 0 Å². The lowest BCUT2D eigenvalue weighted by Gasteiger charge is -2.18. The summed E-state index contributed by atoms with van der Waals surface area (Å²) in [5, 5.41) is 4.82. The summed E-state index contributed by atoms with van der Waals surface area (Å²) in [6.45, 7) is 0. The van der Waals surface area contributed by atoms with Crippen molar-refractivity contribution in [1.82, 2.24) is 14.9 Å². The summed E-state index contributed by atoms with van der Waals surface area (Å²) in [5.74, 6) is 0.711. The lowest BCUT2D eigenvalue weighted by atomic mass is 9.98. The van der Waals surface area contributed by atoms with E-state index in [1.807, 2.05) is 49.1 Å². The summed E-state index contributed by atoms with van der Waals surface area (Å²) in [7, 11) is 3.84. The Bertz CT molecular complexity index is 748. The molecule has 1 aromatic heterocycles. The van der Waals surface area contributed by atoms with E-state index in [0.717, 1.165) is 16.8 Å². The molecule has 0 saturated carbocycles. The van der Waals surface area contributed by atoms with Crippen molar-refractivity contribution in [3.05, 3.63) is 66.0 Å². The van der Waals surface area contributed by atoms with Gasteiger partial charge < -0.3 is 9.88 Å². The molecule has 1 N–H and O–H groups in total. The van der Waals surface area contributed by atoms with Crippen molar-refractivity contribution >= 4 is 10.8 Å². The van der Waals surface area contributed by atoms with Crippen LogP contribution in [0.15, 0.2) is 48.8 Å². The van der Waals surface area contributed by atoms with Gasteiger partial charge in [-0.05, 0) is 24.1 Å². The number of imidazole rings is 1. The first-order valence-electron chi connectivity index (χ1n) is 6.54. The Balaban J connectivity index is 2.23. The summed E-state index contributed by atoms with van der Waals surface area (Å²) < 4.78 is 15.9. The van der Waals surface area contributed by atoms with Crippen LogP contribution in [-0.4, -0.2) is 16.6 Å². The second-order valence-corrected chi connectivity index (χ2v) is 4.80. The molecule has 3 rings (SSSR count). The third-order valence-corrected chi connectivity index (χ3v) is 3.62. The van der Waals surface area contributed by atoms with E-state index in [4.69, 9.17) is 0 Å². The van der Waals surface area contributed by atoms with Gasteiger partial charge in [0.2, 0.25) is 0 Å². The number of rotatable bonds is 3. The van der Waals surface area contributed by atoms with Crippen molar-refractivity contribution < 1.29 is 4.39 Å². The van der Waals surface area contributed by atoms with Gasteiger partial charge in [-0.15, -0.1) is 0 Å². The van der Waals surface area contributed by atoms with Crippen LogP contribution in [0.4, 0.5) is 4.39 Å². The average molecular weight is 269 g/mol. The van der Waals surface area contributed by atoms with Crippen molar-refractivity contribution in [1.29, 1.82) is 0 Å². The first-order chi connectivity index (χ1) is 9.72. The van der Waals surface area contributed by atoms with Gasteiger partial charge in [-0.25, -0.2) is 9.37 Å². The topological polar surface area (TPSA) is 29.9 Å². The van der Waals surface area contributed by atoms with Gasteiger partial charge in [-0.3, -0.25) is 0 Å². The lowest BCUT2D eigenvalue weighted by molar-refractivity contribution is 0.615. The first-order valence-corrected chi connectivity index (χ1v) is 6.54. The number of hydrogen-bond acceptors (Lipinski definition) is 2. The smallest absolute Gasteiger partial charge is 0.131 e. The Morgan fingerprint density at radius 1 is 1.15 bits per heavy atom. The van der Waals surface area contributed by atoms with Crippen LogP contribution in [0, 0.1) is 5.82 Å². The normalized spacial score (nSPS) is 12.8. The highest BCUT2D eigenvalue weighted by molar-refractivity contribution is 5.87. The van der Waals surface area contributed by atoms with Gasteiger partial charge >= 0.3 is 0 Å². The highest BCUT2D eigenvalue weighted by atomic mass is 19.1. The van der Waals surface area contributed by atoms with Crippen LogP contribution in [0.3, 0.4) is 0 Å². The molecule has 102 valence electrons. The molecule has 20 heavy (non-hydrogen) atoms. The van der Waals surface area contributed by atoms with E-state index < -0.39 is 0 Å². The average Bonchev–Trinajstić information content (AvgIpc) is 2.89. The molecule has 1 unspecified atom stereocenters. The molecule has 0 aliphatic carbocycles. The largest absolute Gasteiger partial charge is 0.336 e. The minimum absolute atomic E-state index is 0.0690. The summed E-state index contributed by atoms with van der Waals surface area (Å²) in [5.41, 5.74) is 1.03. The Morgan fingerprint density at radius 2 is 1.90 bits per heavy atom. The van der Waals surface area contributed by atoms with Gasteiger partial charge in [-0.2, -0.15) is 0 Å². The molecular weight excluding hydrogens is 253 g/mol. The Labute approximate surface area is 117 Å². The molecule has 3 aromatic rings. The van der Waals surface area contributed by atoms with E-state index in [-0.39, 0.29) is 11.9 Å². The van der Waals surface area contributed by atoms with Gasteiger partial charge in [0.05, 0.1) is 6.04 Å². The van der Waals surface area contributed by atoms with Gasteiger partial charge in [-0.1, -0.05) is 30.3 Å². The summed E-state index contributed by atoms with van der Waals surface area (Å²) in [6, 6.07) is 10.8. The maximum absolute atomic E-state index is 13.9. The molecular formula is C16H16FN3. The van der Waals surface area contributed by atoms with E-state index in [9.17, 15) is 4.39 Å². The zero-order valence-corrected chi connectivity index (χ0v) is 11.5. The minimum Gasteiger partial charge on any atom is -0.336 e. The number of benzene rings is 2. The fourth-order valence-corrected chi connectivity index (χ4v) is 2.62. The summed E-state index contributed by atoms with van der Waals surface area (Å²) >= 11 is 0. The monoisotopic (exact) mass is 269 g/mol. The molecule has 2 aromatic carbocycles. The number of aryl methyl sites for hydroxylation is 1. The van der Waals surface area contributed by atoms with Crippen LogP contribution in [0.5, 0.6) is 0 Å². The molecule has 0 spiro atoms. The second kappa shape index (κ2) is 5.06. The molecule has 3 nitrogen and oxygen atoms in total. The van der Waals surface area contributed by atoms with Crippen LogP contribution in [-0.2, 0) is 7.05 Å². The Hall–Kier alpha value is -2.20. The molecule has 0 saturated heterocycles. The third-order valence-electron chi connectivity index (χ3n) is 3.62. The number of hydrogen-bond donors (Lipinski definition) is 1. The quantitative estimate of drug-likeness (QED) is 0.792. The fourth-order valence-electron chi connectivity index (χ4n) is 2.62. The molecule has 1 heterocycles. The van der Waals surface area contributed by atoms with Gasteiger partial charge in [0.1, 0.15) is 11.6 Å². The van der Waals surface area contributed by atoms with E-state index >= 15 is 0 Å². The number of halogens is 1. The number of aromatic nitrogens is 2. The van der Waals surface area contributed by atoms with Crippen molar-refractivity contribution in [2.75, 3.05) is 7.05 Å². The zero-order valence-electron chi connectivity index (χ0n) is 11.5. The molecule has 0 aliphatic heterocycles. The summed E-state index contributed by atoms with van der Waals surface area (Å²) in [4.78, 5) is 4.40. The molecule has 0 bridgehead atoms. The highest BCUT2D eigenvalue weighted by Crippen LogP contribution is 2.29. The Kier molecular flexibility index (Phi) is 3.24. The molecule has 0 amide bonds. The minimum atomic E-state index is -0.195. The van der Waals surface area contributed by atoms with E-state index in [1.165, 1.54) is 6.07 Å². The van der Waals surface area contributed by atoms with Crippen LogP contribution in [0.2, 0.25) is 0 Å². The van der Waals surface area contributed by atoms with Crippen molar-refractivity contribution in [3.8, 4) is 0 Å². The van der Waals surface area contributed by atoms with Gasteiger partial charge in [0.25, 0.3) is 0 Å². The SMILES string of the molecule is CNC(c1ccc(F)c2ccccc12)c1nccn1C.